The van der Waals surface area contributed by atoms with Crippen molar-refractivity contribution in [3.63, 3.8) is 0 Å². The van der Waals surface area contributed by atoms with Crippen LogP contribution in [0, 0.1) is 18.3 Å². The molecule has 0 aliphatic heterocycles. The van der Waals surface area contributed by atoms with E-state index in [2.05, 4.69) is 39.6 Å². The maximum absolute atomic E-state index is 6.38. The van der Waals surface area contributed by atoms with Gasteiger partial charge in [-0.3, -0.25) is 4.68 Å². The monoisotopic (exact) mass is 318 g/mol. The molecule has 17 heavy (non-hydrogen) atoms. The Morgan fingerprint density at radius 3 is 2.65 bits per heavy atom. The lowest BCUT2D eigenvalue weighted by atomic mass is 9.82. The van der Waals surface area contributed by atoms with Crippen LogP contribution in [0.2, 0.25) is 5.02 Å². The van der Waals surface area contributed by atoms with Gasteiger partial charge in [-0.1, -0.05) is 34.5 Å². The minimum absolute atomic E-state index is 0.322. The summed E-state index contributed by atoms with van der Waals surface area (Å²) in [6.07, 6.45) is 3.74. The third-order valence-corrected chi connectivity index (χ3v) is 5.66. The van der Waals surface area contributed by atoms with Crippen LogP contribution in [0.4, 0.5) is 0 Å². The van der Waals surface area contributed by atoms with Gasteiger partial charge in [-0.25, -0.2) is 0 Å². The van der Waals surface area contributed by atoms with Crippen molar-refractivity contribution in [1.29, 1.82) is 0 Å². The second-order valence-corrected chi connectivity index (χ2v) is 6.34. The Bertz CT molecular complexity index is 412. The van der Waals surface area contributed by atoms with Gasteiger partial charge in [-0.2, -0.15) is 5.10 Å². The summed E-state index contributed by atoms with van der Waals surface area (Å²) in [5.74, 6) is 0.846. The molecule has 0 aromatic carbocycles. The lowest BCUT2D eigenvalue weighted by Crippen LogP contribution is -2.26. The fraction of sp³-hybridized carbons (Fsp3) is 0.769. The van der Waals surface area contributed by atoms with Crippen molar-refractivity contribution in [2.75, 3.05) is 5.33 Å². The standard InChI is InChI=1S/C13H20BrClN2/c1-4-17-11(12(15)9(2)16-17)7-13(3,8-14)10-5-6-10/h10H,4-8H2,1-3H3. The number of alkyl halides is 1. The van der Waals surface area contributed by atoms with Gasteiger partial charge in [0.1, 0.15) is 0 Å². The molecule has 2 rings (SSSR count). The molecule has 0 amide bonds. The van der Waals surface area contributed by atoms with Crippen LogP contribution in [0.3, 0.4) is 0 Å². The molecule has 4 heteroatoms. The summed E-state index contributed by atoms with van der Waals surface area (Å²) in [6.45, 7) is 7.36. The van der Waals surface area contributed by atoms with Crippen molar-refractivity contribution in [2.45, 2.75) is 46.6 Å². The Kier molecular flexibility index (Phi) is 3.89. The zero-order valence-electron chi connectivity index (χ0n) is 10.8. The molecule has 1 aromatic heterocycles. The highest BCUT2D eigenvalue weighted by atomic mass is 79.9. The van der Waals surface area contributed by atoms with Crippen LogP contribution in [0.1, 0.15) is 38.1 Å². The van der Waals surface area contributed by atoms with E-state index in [9.17, 15) is 0 Å². The first-order chi connectivity index (χ1) is 8.01. The Labute approximate surface area is 117 Å². The van der Waals surface area contributed by atoms with Crippen LogP contribution >= 0.6 is 27.5 Å². The largest absolute Gasteiger partial charge is 0.268 e. The van der Waals surface area contributed by atoms with Gasteiger partial charge < -0.3 is 0 Å². The molecule has 0 spiro atoms. The smallest absolute Gasteiger partial charge is 0.0847 e. The average molecular weight is 320 g/mol. The predicted molar refractivity (Wildman–Crippen MR) is 76.0 cm³/mol. The molecule has 2 nitrogen and oxygen atoms in total. The van der Waals surface area contributed by atoms with Crippen molar-refractivity contribution in [1.82, 2.24) is 9.78 Å². The van der Waals surface area contributed by atoms with E-state index in [1.165, 1.54) is 18.5 Å². The molecule has 1 atom stereocenters. The van der Waals surface area contributed by atoms with Gasteiger partial charge in [0.25, 0.3) is 0 Å². The Hall–Kier alpha value is -0.0200. The van der Waals surface area contributed by atoms with Crippen LogP contribution < -0.4 is 0 Å². The summed E-state index contributed by atoms with van der Waals surface area (Å²) in [5, 5.41) is 6.39. The third-order valence-electron chi connectivity index (χ3n) is 3.89. The molecule has 0 bridgehead atoms. The predicted octanol–water partition coefficient (Wildman–Crippen LogP) is 4.22. The minimum atomic E-state index is 0.322. The van der Waals surface area contributed by atoms with Crippen molar-refractivity contribution in [3.8, 4) is 0 Å². The molecule has 0 N–H and O–H groups in total. The van der Waals surface area contributed by atoms with Crippen LogP contribution in [-0.4, -0.2) is 15.1 Å². The van der Waals surface area contributed by atoms with Crippen LogP contribution in [0.5, 0.6) is 0 Å². The average Bonchev–Trinajstić information content (AvgIpc) is 3.13. The Morgan fingerprint density at radius 2 is 2.18 bits per heavy atom. The number of nitrogens with zero attached hydrogens (tertiary/aromatic N) is 2. The zero-order chi connectivity index (χ0) is 12.6. The van der Waals surface area contributed by atoms with Gasteiger partial charge in [0.05, 0.1) is 16.4 Å². The van der Waals surface area contributed by atoms with E-state index in [-0.39, 0.29) is 0 Å². The molecule has 1 aliphatic rings. The van der Waals surface area contributed by atoms with E-state index in [1.54, 1.807) is 0 Å². The highest BCUT2D eigenvalue weighted by Gasteiger charge is 2.41. The number of hydrogen-bond acceptors (Lipinski definition) is 1. The van der Waals surface area contributed by atoms with Crippen LogP contribution in [0.15, 0.2) is 0 Å². The molecule has 1 aromatic rings. The zero-order valence-corrected chi connectivity index (χ0v) is 13.1. The highest BCUT2D eigenvalue weighted by Crippen LogP contribution is 2.49. The van der Waals surface area contributed by atoms with Gasteiger partial charge in [0.15, 0.2) is 0 Å². The van der Waals surface area contributed by atoms with Crippen molar-refractivity contribution >= 4 is 27.5 Å². The first kappa shape index (κ1) is 13.4. The second kappa shape index (κ2) is 4.93. The third kappa shape index (κ3) is 2.55. The van der Waals surface area contributed by atoms with E-state index in [0.717, 1.165) is 34.9 Å². The lowest BCUT2D eigenvalue weighted by molar-refractivity contribution is 0.309. The Balaban J connectivity index is 2.27. The number of rotatable bonds is 5. The van der Waals surface area contributed by atoms with Crippen molar-refractivity contribution in [3.05, 3.63) is 16.4 Å². The summed E-state index contributed by atoms with van der Waals surface area (Å²) in [6, 6.07) is 0. The summed E-state index contributed by atoms with van der Waals surface area (Å²) < 4.78 is 2.06. The van der Waals surface area contributed by atoms with E-state index in [0.29, 0.717) is 5.41 Å². The summed E-state index contributed by atoms with van der Waals surface area (Å²) >= 11 is 10.1. The number of hydrogen-bond donors (Lipinski definition) is 0. The topological polar surface area (TPSA) is 17.8 Å². The summed E-state index contributed by atoms with van der Waals surface area (Å²) in [5.41, 5.74) is 2.49. The minimum Gasteiger partial charge on any atom is -0.268 e. The molecule has 0 radical (unpaired) electrons. The molecule has 96 valence electrons. The lowest BCUT2D eigenvalue weighted by Gasteiger charge is -2.27. The van der Waals surface area contributed by atoms with E-state index in [4.69, 9.17) is 11.6 Å². The molecular formula is C13H20BrClN2. The van der Waals surface area contributed by atoms with E-state index >= 15 is 0 Å². The first-order valence-electron chi connectivity index (χ1n) is 6.29. The molecule has 1 aliphatic carbocycles. The normalized spacial score (nSPS) is 19.4. The van der Waals surface area contributed by atoms with Crippen molar-refractivity contribution in [2.24, 2.45) is 11.3 Å². The van der Waals surface area contributed by atoms with Gasteiger partial charge in [-0.15, -0.1) is 0 Å². The van der Waals surface area contributed by atoms with Crippen LogP contribution in [0.25, 0.3) is 0 Å². The van der Waals surface area contributed by atoms with Gasteiger partial charge in [0.2, 0.25) is 0 Å². The number of aryl methyl sites for hydroxylation is 2. The SMILES string of the molecule is CCn1nc(C)c(Cl)c1CC(C)(CBr)C1CC1. The second-order valence-electron chi connectivity index (χ2n) is 5.40. The molecule has 1 saturated carbocycles. The molecule has 1 fully saturated rings. The fourth-order valence-corrected chi connectivity index (χ4v) is 3.36. The quantitative estimate of drug-likeness (QED) is 0.743. The van der Waals surface area contributed by atoms with Gasteiger partial charge >= 0.3 is 0 Å². The molecular weight excluding hydrogens is 300 g/mol. The molecule has 1 heterocycles. The first-order valence-corrected chi connectivity index (χ1v) is 7.79. The van der Waals surface area contributed by atoms with Crippen molar-refractivity contribution < 1.29 is 0 Å². The highest BCUT2D eigenvalue weighted by molar-refractivity contribution is 9.09. The van der Waals surface area contributed by atoms with E-state index in [1.807, 2.05) is 6.92 Å². The van der Waals surface area contributed by atoms with Crippen LogP contribution in [-0.2, 0) is 13.0 Å². The Morgan fingerprint density at radius 1 is 1.53 bits per heavy atom. The van der Waals surface area contributed by atoms with E-state index < -0.39 is 0 Å². The fourth-order valence-electron chi connectivity index (χ4n) is 2.50. The summed E-state index contributed by atoms with van der Waals surface area (Å²) in [7, 11) is 0. The summed E-state index contributed by atoms with van der Waals surface area (Å²) in [4.78, 5) is 0. The number of halogens is 2. The maximum Gasteiger partial charge on any atom is 0.0847 e. The van der Waals surface area contributed by atoms with Gasteiger partial charge in [-0.05, 0) is 44.4 Å². The molecule has 0 saturated heterocycles. The number of aromatic nitrogens is 2. The van der Waals surface area contributed by atoms with Gasteiger partial charge in [0, 0.05) is 11.9 Å². The molecule has 1 unspecified atom stereocenters. The maximum atomic E-state index is 6.38.